The molecule has 8 nitrogen and oxygen atoms in total. The molecule has 2 aromatic rings. The van der Waals surface area contributed by atoms with Gasteiger partial charge in [0.1, 0.15) is 0 Å². The topological polar surface area (TPSA) is 123 Å². The molecule has 0 amide bonds. The summed E-state index contributed by atoms with van der Waals surface area (Å²) in [5.74, 6) is -1.40. The van der Waals surface area contributed by atoms with Crippen LogP contribution >= 0.6 is 0 Å². The van der Waals surface area contributed by atoms with E-state index in [1.807, 2.05) is 6.07 Å². The maximum atomic E-state index is 12.6. The van der Waals surface area contributed by atoms with Crippen molar-refractivity contribution in [1.82, 2.24) is 0 Å². The molecule has 0 aromatic heterocycles. The summed E-state index contributed by atoms with van der Waals surface area (Å²) in [5.41, 5.74) is 0.320. The van der Waals surface area contributed by atoms with Crippen LogP contribution < -0.4 is 4.72 Å². The highest BCUT2D eigenvalue weighted by molar-refractivity contribution is 7.92. The second-order valence-corrected chi connectivity index (χ2v) is 7.16. The molecule has 0 bridgehead atoms. The van der Waals surface area contributed by atoms with Crippen LogP contribution in [0.25, 0.3) is 0 Å². The van der Waals surface area contributed by atoms with Crippen LogP contribution in [0.3, 0.4) is 0 Å². The fourth-order valence-electron chi connectivity index (χ4n) is 2.27. The molecule has 0 spiro atoms. The van der Waals surface area contributed by atoms with Gasteiger partial charge in [0.2, 0.25) is 0 Å². The lowest BCUT2D eigenvalue weighted by Crippen LogP contribution is -2.15. The van der Waals surface area contributed by atoms with E-state index in [9.17, 15) is 18.0 Å². The number of sulfonamides is 1. The predicted molar refractivity (Wildman–Crippen MR) is 100 cm³/mol. The third-order valence-corrected chi connectivity index (χ3v) is 4.90. The number of hydrogen-bond acceptors (Lipinski definition) is 7. The number of benzene rings is 2. The number of nitrogens with zero attached hydrogens (tertiary/aromatic N) is 1. The lowest BCUT2D eigenvalue weighted by atomic mass is 10.1. The average molecular weight is 402 g/mol. The molecule has 0 aliphatic carbocycles. The molecular weight excluding hydrogens is 384 g/mol. The van der Waals surface area contributed by atoms with Crippen LogP contribution in [0.5, 0.6) is 0 Å². The van der Waals surface area contributed by atoms with Gasteiger partial charge in [0.05, 0.1) is 46.6 Å². The maximum Gasteiger partial charge on any atom is 0.338 e. The molecule has 1 N–H and O–H groups in total. The van der Waals surface area contributed by atoms with Gasteiger partial charge in [-0.25, -0.2) is 18.0 Å². The second-order valence-electron chi connectivity index (χ2n) is 5.48. The molecule has 0 atom stereocenters. The minimum Gasteiger partial charge on any atom is -0.462 e. The molecule has 0 saturated carbocycles. The number of nitriles is 1. The number of rotatable bonds is 7. The summed E-state index contributed by atoms with van der Waals surface area (Å²) in [5, 5.41) is 8.82. The van der Waals surface area contributed by atoms with Crippen LogP contribution in [0.15, 0.2) is 47.4 Å². The van der Waals surface area contributed by atoms with Crippen LogP contribution in [0.2, 0.25) is 0 Å². The normalized spacial score (nSPS) is 10.6. The highest BCUT2D eigenvalue weighted by Crippen LogP contribution is 2.21. The van der Waals surface area contributed by atoms with E-state index in [0.717, 1.165) is 0 Å². The van der Waals surface area contributed by atoms with Gasteiger partial charge in [0.25, 0.3) is 10.0 Å². The minimum absolute atomic E-state index is 0.00188. The van der Waals surface area contributed by atoms with Gasteiger partial charge in [-0.3, -0.25) is 4.72 Å². The fraction of sp³-hybridized carbons (Fsp3) is 0.211. The molecular formula is C19H18N2O6S. The number of anilines is 1. The van der Waals surface area contributed by atoms with Gasteiger partial charge in [-0.1, -0.05) is 0 Å². The molecule has 0 aliphatic heterocycles. The van der Waals surface area contributed by atoms with Crippen molar-refractivity contribution in [3.05, 3.63) is 59.2 Å². The quantitative estimate of drug-likeness (QED) is 0.706. The van der Waals surface area contributed by atoms with E-state index in [-0.39, 0.29) is 34.9 Å². The van der Waals surface area contributed by atoms with Crippen LogP contribution in [0, 0.1) is 11.3 Å². The number of nitrogens with one attached hydrogen (secondary N) is 1. The van der Waals surface area contributed by atoms with Gasteiger partial charge in [-0.2, -0.15) is 5.26 Å². The standard InChI is InChI=1S/C19H18N2O6S/c1-3-26-18(22)14-9-15(19(23)27-4-2)11-16(10-14)21-28(24,25)17-7-5-13(12-20)6-8-17/h5-11,21H,3-4H2,1-2H3. The Hall–Kier alpha value is -3.38. The van der Waals surface area contributed by atoms with E-state index in [0.29, 0.717) is 5.56 Å². The molecule has 0 heterocycles. The summed E-state index contributed by atoms with van der Waals surface area (Å²) >= 11 is 0. The maximum absolute atomic E-state index is 12.6. The first kappa shape index (κ1) is 20.9. The number of carbonyl (C=O) groups excluding carboxylic acids is 2. The highest BCUT2D eigenvalue weighted by Gasteiger charge is 2.19. The van der Waals surface area contributed by atoms with Crippen molar-refractivity contribution < 1.29 is 27.5 Å². The largest absolute Gasteiger partial charge is 0.462 e. The molecule has 0 saturated heterocycles. The first-order valence-electron chi connectivity index (χ1n) is 8.33. The van der Waals surface area contributed by atoms with E-state index in [4.69, 9.17) is 14.7 Å². The number of esters is 2. The molecule has 9 heteroatoms. The molecule has 146 valence electrons. The minimum atomic E-state index is -4.01. The van der Waals surface area contributed by atoms with Crippen molar-refractivity contribution in [2.75, 3.05) is 17.9 Å². The number of carbonyl (C=O) groups is 2. The zero-order valence-electron chi connectivity index (χ0n) is 15.3. The lowest BCUT2D eigenvalue weighted by molar-refractivity contribution is 0.0525. The lowest BCUT2D eigenvalue weighted by Gasteiger charge is -2.12. The van der Waals surface area contributed by atoms with Crippen LogP contribution in [-0.2, 0) is 19.5 Å². The van der Waals surface area contributed by atoms with Crippen molar-refractivity contribution in [3.63, 3.8) is 0 Å². The van der Waals surface area contributed by atoms with Crippen molar-refractivity contribution in [1.29, 1.82) is 5.26 Å². The van der Waals surface area contributed by atoms with Gasteiger partial charge in [0, 0.05) is 0 Å². The summed E-state index contributed by atoms with van der Waals surface area (Å²) < 4.78 is 37.3. The number of ether oxygens (including phenoxy) is 2. The fourth-order valence-corrected chi connectivity index (χ4v) is 3.31. The molecule has 2 aromatic carbocycles. The van der Waals surface area contributed by atoms with Crippen LogP contribution in [0.4, 0.5) is 5.69 Å². The van der Waals surface area contributed by atoms with Gasteiger partial charge >= 0.3 is 11.9 Å². The summed E-state index contributed by atoms with van der Waals surface area (Å²) in [6, 6.07) is 11.0. The smallest absolute Gasteiger partial charge is 0.338 e. The summed E-state index contributed by atoms with van der Waals surface area (Å²) in [6.45, 7) is 3.49. The third kappa shape index (κ3) is 5.08. The van der Waals surface area contributed by atoms with Gasteiger partial charge in [0.15, 0.2) is 0 Å². The van der Waals surface area contributed by atoms with Crippen molar-refractivity contribution in [2.24, 2.45) is 0 Å². The Labute approximate surface area is 162 Å². The first-order valence-corrected chi connectivity index (χ1v) is 9.81. The zero-order chi connectivity index (χ0) is 20.7. The Morgan fingerprint density at radius 3 is 1.89 bits per heavy atom. The Morgan fingerprint density at radius 1 is 0.964 bits per heavy atom. The van der Waals surface area contributed by atoms with Crippen LogP contribution in [-0.4, -0.2) is 33.6 Å². The summed E-state index contributed by atoms with van der Waals surface area (Å²) in [6.07, 6.45) is 0. The van der Waals surface area contributed by atoms with Gasteiger partial charge in [-0.15, -0.1) is 0 Å². The van der Waals surface area contributed by atoms with E-state index < -0.39 is 22.0 Å². The van der Waals surface area contributed by atoms with E-state index in [2.05, 4.69) is 4.72 Å². The van der Waals surface area contributed by atoms with Gasteiger partial charge < -0.3 is 9.47 Å². The SMILES string of the molecule is CCOC(=O)c1cc(NS(=O)(=O)c2ccc(C#N)cc2)cc(C(=O)OCC)c1. The monoisotopic (exact) mass is 402 g/mol. The van der Waals surface area contributed by atoms with Crippen LogP contribution in [0.1, 0.15) is 40.1 Å². The van der Waals surface area contributed by atoms with Crippen molar-refractivity contribution >= 4 is 27.6 Å². The average Bonchev–Trinajstić information content (AvgIpc) is 2.67. The highest BCUT2D eigenvalue weighted by atomic mass is 32.2. The van der Waals surface area contributed by atoms with E-state index >= 15 is 0 Å². The second kappa shape index (κ2) is 9.01. The van der Waals surface area contributed by atoms with Crippen molar-refractivity contribution in [2.45, 2.75) is 18.7 Å². The van der Waals surface area contributed by atoms with E-state index in [1.54, 1.807) is 13.8 Å². The third-order valence-electron chi connectivity index (χ3n) is 3.50. The Kier molecular flexibility index (Phi) is 6.74. The Morgan fingerprint density at radius 2 is 1.46 bits per heavy atom. The predicted octanol–water partition coefficient (Wildman–Crippen LogP) is 2.71. The molecule has 0 fully saturated rings. The molecule has 2 rings (SSSR count). The number of hydrogen-bond donors (Lipinski definition) is 1. The van der Waals surface area contributed by atoms with E-state index in [1.165, 1.54) is 42.5 Å². The molecule has 0 aliphatic rings. The Bertz CT molecular complexity index is 987. The first-order chi connectivity index (χ1) is 13.3. The molecule has 0 unspecified atom stereocenters. The molecule has 0 radical (unpaired) electrons. The zero-order valence-corrected chi connectivity index (χ0v) is 16.1. The van der Waals surface area contributed by atoms with Crippen molar-refractivity contribution in [3.8, 4) is 6.07 Å². The Balaban J connectivity index is 2.43. The molecule has 28 heavy (non-hydrogen) atoms. The summed E-state index contributed by atoms with van der Waals surface area (Å²) in [7, 11) is -4.01. The summed E-state index contributed by atoms with van der Waals surface area (Å²) in [4.78, 5) is 24.0. The van der Waals surface area contributed by atoms with Gasteiger partial charge in [-0.05, 0) is 56.3 Å².